The number of fused-ring (bicyclic) bond motifs is 1. The number of rotatable bonds is 7. The van der Waals surface area contributed by atoms with Gasteiger partial charge in [0.2, 0.25) is 17.7 Å². The highest BCUT2D eigenvalue weighted by Crippen LogP contribution is 2.28. The van der Waals surface area contributed by atoms with Gasteiger partial charge in [-0.1, -0.05) is 6.07 Å². The lowest BCUT2D eigenvalue weighted by Crippen LogP contribution is -2.54. The first-order valence-corrected chi connectivity index (χ1v) is 9.75. The maximum Gasteiger partial charge on any atom is 0.389 e. The van der Waals surface area contributed by atoms with Crippen molar-refractivity contribution in [3.8, 4) is 0 Å². The summed E-state index contributed by atoms with van der Waals surface area (Å²) in [6.07, 6.45) is -5.24. The minimum Gasteiger partial charge on any atom is -0.356 e. The summed E-state index contributed by atoms with van der Waals surface area (Å²) >= 11 is 0. The number of hydrogen-bond donors (Lipinski definition) is 2. The molecule has 1 aromatic rings. The van der Waals surface area contributed by atoms with Crippen LogP contribution in [0.4, 0.5) is 13.2 Å². The van der Waals surface area contributed by atoms with Gasteiger partial charge in [0, 0.05) is 19.4 Å². The fourth-order valence-electron chi connectivity index (χ4n) is 3.54. The number of hydrogen-bond acceptors (Lipinski definition) is 5. The first-order chi connectivity index (χ1) is 14.6. The van der Waals surface area contributed by atoms with E-state index < -0.39 is 54.6 Å². The maximum atomic E-state index is 12.7. The SMILES string of the molecule is O=C(CCC(F)(F)F)NCCCc1ccc2c(c1)C(=O)N(C1CCC(=O)NC1=O)C2=O. The van der Waals surface area contributed by atoms with Crippen LogP contribution >= 0.6 is 0 Å². The first kappa shape index (κ1) is 22.4. The smallest absolute Gasteiger partial charge is 0.356 e. The second kappa shape index (κ2) is 8.86. The van der Waals surface area contributed by atoms with Crippen molar-refractivity contribution in [1.82, 2.24) is 15.5 Å². The van der Waals surface area contributed by atoms with Crippen molar-refractivity contribution in [2.45, 2.75) is 50.7 Å². The van der Waals surface area contributed by atoms with E-state index in [2.05, 4.69) is 10.6 Å². The molecule has 1 aromatic carbocycles. The summed E-state index contributed by atoms with van der Waals surface area (Å²) < 4.78 is 36.3. The highest BCUT2D eigenvalue weighted by atomic mass is 19.4. The third-order valence-electron chi connectivity index (χ3n) is 5.10. The summed E-state index contributed by atoms with van der Waals surface area (Å²) in [4.78, 5) is 61.0. The Kier molecular flexibility index (Phi) is 6.42. The average molecular weight is 439 g/mol. The summed E-state index contributed by atoms with van der Waals surface area (Å²) in [5, 5.41) is 4.54. The van der Waals surface area contributed by atoms with E-state index in [4.69, 9.17) is 0 Å². The molecule has 0 radical (unpaired) electrons. The zero-order valence-corrected chi connectivity index (χ0v) is 16.4. The van der Waals surface area contributed by atoms with E-state index in [0.29, 0.717) is 18.4 Å². The molecule has 3 rings (SSSR count). The van der Waals surface area contributed by atoms with Gasteiger partial charge < -0.3 is 5.32 Å². The van der Waals surface area contributed by atoms with Gasteiger partial charge in [-0.05, 0) is 37.0 Å². The zero-order valence-electron chi connectivity index (χ0n) is 16.4. The van der Waals surface area contributed by atoms with Crippen LogP contribution in [-0.2, 0) is 20.8 Å². The van der Waals surface area contributed by atoms with Crippen LogP contribution in [0, 0.1) is 0 Å². The number of imide groups is 2. The van der Waals surface area contributed by atoms with Crippen LogP contribution in [-0.4, -0.2) is 53.2 Å². The zero-order chi connectivity index (χ0) is 22.8. The van der Waals surface area contributed by atoms with Gasteiger partial charge in [0.05, 0.1) is 17.5 Å². The number of benzene rings is 1. The highest BCUT2D eigenvalue weighted by molar-refractivity contribution is 6.23. The molecule has 0 aliphatic carbocycles. The molecule has 2 heterocycles. The van der Waals surface area contributed by atoms with Gasteiger partial charge in [-0.25, -0.2) is 0 Å². The standard InChI is InChI=1S/C20H20F3N3O5/c21-20(22,23)8-7-15(27)24-9-1-2-11-3-4-12-13(10-11)19(31)26(18(12)30)14-5-6-16(28)25-17(14)29/h3-4,10,14H,1-2,5-9H2,(H,24,27)(H,25,28,29). The Labute approximate surface area is 175 Å². The second-order valence-electron chi connectivity index (χ2n) is 7.40. The molecule has 1 atom stereocenters. The van der Waals surface area contributed by atoms with E-state index >= 15 is 0 Å². The van der Waals surface area contributed by atoms with Gasteiger partial charge in [-0.15, -0.1) is 0 Å². The minimum absolute atomic E-state index is 0.0315. The number of alkyl halides is 3. The highest BCUT2D eigenvalue weighted by Gasteiger charge is 2.44. The van der Waals surface area contributed by atoms with Crippen LogP contribution in [0.5, 0.6) is 0 Å². The minimum atomic E-state index is -4.38. The van der Waals surface area contributed by atoms with Crippen molar-refractivity contribution in [2.24, 2.45) is 0 Å². The molecule has 11 heteroatoms. The fraction of sp³-hybridized carbons (Fsp3) is 0.450. The van der Waals surface area contributed by atoms with Crippen LogP contribution in [0.2, 0.25) is 0 Å². The Hall–Kier alpha value is -3.24. The summed E-state index contributed by atoms with van der Waals surface area (Å²) in [5.74, 6) is -3.04. The quantitative estimate of drug-likeness (QED) is 0.494. The fourth-order valence-corrected chi connectivity index (χ4v) is 3.54. The van der Waals surface area contributed by atoms with Crippen LogP contribution < -0.4 is 10.6 Å². The van der Waals surface area contributed by atoms with Crippen LogP contribution in [0.3, 0.4) is 0 Å². The molecule has 2 aliphatic rings. The van der Waals surface area contributed by atoms with Crippen molar-refractivity contribution in [2.75, 3.05) is 6.54 Å². The Morgan fingerprint density at radius 2 is 1.84 bits per heavy atom. The lowest BCUT2D eigenvalue weighted by atomic mass is 10.0. The Morgan fingerprint density at radius 1 is 1.13 bits per heavy atom. The van der Waals surface area contributed by atoms with Crippen molar-refractivity contribution < 1.29 is 37.1 Å². The first-order valence-electron chi connectivity index (χ1n) is 9.75. The molecule has 0 saturated carbocycles. The maximum absolute atomic E-state index is 12.7. The molecule has 0 spiro atoms. The Bertz CT molecular complexity index is 944. The van der Waals surface area contributed by atoms with Gasteiger partial charge in [0.1, 0.15) is 6.04 Å². The topological polar surface area (TPSA) is 113 Å². The second-order valence-corrected chi connectivity index (χ2v) is 7.40. The predicted octanol–water partition coefficient (Wildman–Crippen LogP) is 1.48. The molecule has 0 bridgehead atoms. The predicted molar refractivity (Wildman–Crippen MR) is 99.7 cm³/mol. The van der Waals surface area contributed by atoms with Crippen LogP contribution in [0.1, 0.15) is 58.4 Å². The van der Waals surface area contributed by atoms with E-state index in [1.807, 2.05) is 0 Å². The molecule has 0 aromatic heterocycles. The van der Waals surface area contributed by atoms with Crippen molar-refractivity contribution in [3.63, 3.8) is 0 Å². The van der Waals surface area contributed by atoms with Crippen molar-refractivity contribution >= 4 is 29.5 Å². The van der Waals surface area contributed by atoms with Gasteiger partial charge in [0.25, 0.3) is 11.8 Å². The number of carbonyl (C=O) groups is 5. The number of nitrogens with zero attached hydrogens (tertiary/aromatic N) is 1. The normalized spacial score (nSPS) is 18.8. The van der Waals surface area contributed by atoms with E-state index in [-0.39, 0.29) is 30.5 Å². The van der Waals surface area contributed by atoms with Gasteiger partial charge in [-0.2, -0.15) is 13.2 Å². The molecule has 1 unspecified atom stereocenters. The Balaban J connectivity index is 1.56. The van der Waals surface area contributed by atoms with E-state index in [1.54, 1.807) is 6.07 Å². The molecular weight excluding hydrogens is 419 g/mol. The lowest BCUT2D eigenvalue weighted by Gasteiger charge is -2.27. The number of nitrogens with one attached hydrogen (secondary N) is 2. The third kappa shape index (κ3) is 5.28. The van der Waals surface area contributed by atoms with Gasteiger partial charge >= 0.3 is 6.18 Å². The number of carbonyl (C=O) groups excluding carboxylic acids is 5. The van der Waals surface area contributed by atoms with Crippen LogP contribution in [0.15, 0.2) is 18.2 Å². The van der Waals surface area contributed by atoms with Gasteiger partial charge in [0.15, 0.2) is 0 Å². The number of amides is 5. The van der Waals surface area contributed by atoms with Crippen LogP contribution in [0.25, 0.3) is 0 Å². The average Bonchev–Trinajstić information content (AvgIpc) is 2.94. The third-order valence-corrected chi connectivity index (χ3v) is 5.10. The molecule has 1 saturated heterocycles. The number of aryl methyl sites for hydroxylation is 1. The largest absolute Gasteiger partial charge is 0.389 e. The summed E-state index contributed by atoms with van der Waals surface area (Å²) in [7, 11) is 0. The summed E-state index contributed by atoms with van der Waals surface area (Å²) in [5.41, 5.74) is 1.02. The lowest BCUT2D eigenvalue weighted by molar-refractivity contribution is -0.144. The van der Waals surface area contributed by atoms with E-state index in [1.165, 1.54) is 12.1 Å². The molecule has 2 aliphatic heterocycles. The molecule has 5 amide bonds. The molecule has 8 nitrogen and oxygen atoms in total. The van der Waals surface area contributed by atoms with Crippen molar-refractivity contribution in [3.05, 3.63) is 34.9 Å². The number of piperidine rings is 1. The molecule has 2 N–H and O–H groups in total. The summed E-state index contributed by atoms with van der Waals surface area (Å²) in [6, 6.07) is 3.62. The van der Waals surface area contributed by atoms with Gasteiger partial charge in [-0.3, -0.25) is 34.2 Å². The van der Waals surface area contributed by atoms with Crippen molar-refractivity contribution in [1.29, 1.82) is 0 Å². The number of halogens is 3. The van der Waals surface area contributed by atoms with E-state index in [9.17, 15) is 37.1 Å². The molecular formula is C20H20F3N3O5. The monoisotopic (exact) mass is 439 g/mol. The van der Waals surface area contributed by atoms with E-state index in [0.717, 1.165) is 4.90 Å². The molecule has 166 valence electrons. The molecule has 31 heavy (non-hydrogen) atoms. The molecule has 1 fully saturated rings. The summed E-state index contributed by atoms with van der Waals surface area (Å²) in [6.45, 7) is 0.170. The Morgan fingerprint density at radius 3 is 2.52 bits per heavy atom.